The maximum atomic E-state index is 3.45. The molecule has 0 amide bonds. The second kappa shape index (κ2) is 6.05. The minimum Gasteiger partial charge on any atom is -0.314 e. The average molecular weight is 301 g/mol. The molecular formula is C17H23N3S. The summed E-state index contributed by atoms with van der Waals surface area (Å²) in [5.74, 6) is 0. The van der Waals surface area contributed by atoms with Gasteiger partial charge in [-0.25, -0.2) is 0 Å². The monoisotopic (exact) mass is 301 g/mol. The molecule has 0 bridgehead atoms. The Balaban J connectivity index is 1.39. The lowest BCUT2D eigenvalue weighted by atomic mass is 10.2. The average Bonchev–Trinajstić information content (AvgIpc) is 3.14. The largest absolute Gasteiger partial charge is 0.314 e. The van der Waals surface area contributed by atoms with E-state index < -0.39 is 0 Å². The molecule has 2 saturated heterocycles. The third-order valence-corrected chi connectivity index (χ3v) is 5.87. The maximum absolute atomic E-state index is 3.45. The van der Waals surface area contributed by atoms with E-state index in [1.807, 2.05) is 11.3 Å². The zero-order valence-electron chi connectivity index (χ0n) is 12.4. The number of benzene rings is 1. The summed E-state index contributed by atoms with van der Waals surface area (Å²) in [6, 6.07) is 11.9. The van der Waals surface area contributed by atoms with E-state index in [0.29, 0.717) is 0 Å². The number of piperazine rings is 1. The van der Waals surface area contributed by atoms with Crippen molar-refractivity contribution in [3.8, 4) is 0 Å². The Bertz CT molecular complexity index is 570. The summed E-state index contributed by atoms with van der Waals surface area (Å²) in [7, 11) is 0. The normalized spacial score (nSPS) is 24.9. The molecule has 3 nitrogen and oxygen atoms in total. The van der Waals surface area contributed by atoms with Crippen LogP contribution in [0.15, 0.2) is 30.3 Å². The number of rotatable bonds is 3. The highest BCUT2D eigenvalue weighted by Gasteiger charge is 2.28. The molecule has 4 rings (SSSR count). The van der Waals surface area contributed by atoms with Crippen LogP contribution in [0.4, 0.5) is 0 Å². The molecule has 112 valence electrons. The van der Waals surface area contributed by atoms with Gasteiger partial charge in [0.1, 0.15) is 0 Å². The Morgan fingerprint density at radius 3 is 2.86 bits per heavy atom. The van der Waals surface area contributed by atoms with Gasteiger partial charge in [0.05, 0.1) is 0 Å². The summed E-state index contributed by atoms with van der Waals surface area (Å²) >= 11 is 1.96. The number of thiophene rings is 1. The number of hydrogen-bond donors (Lipinski definition) is 1. The van der Waals surface area contributed by atoms with Gasteiger partial charge < -0.3 is 5.32 Å². The highest BCUT2D eigenvalue weighted by Crippen LogP contribution is 2.27. The summed E-state index contributed by atoms with van der Waals surface area (Å²) in [4.78, 5) is 6.83. The van der Waals surface area contributed by atoms with E-state index in [1.54, 1.807) is 0 Å². The molecule has 2 fully saturated rings. The van der Waals surface area contributed by atoms with E-state index in [0.717, 1.165) is 25.7 Å². The molecule has 21 heavy (non-hydrogen) atoms. The summed E-state index contributed by atoms with van der Waals surface area (Å²) in [5.41, 5.74) is 0. The van der Waals surface area contributed by atoms with Crippen LogP contribution in [0.5, 0.6) is 0 Å². The van der Waals surface area contributed by atoms with Gasteiger partial charge in [-0.3, -0.25) is 9.80 Å². The molecule has 4 heteroatoms. The lowest BCUT2D eigenvalue weighted by molar-refractivity contribution is 0.170. The van der Waals surface area contributed by atoms with Crippen LogP contribution in [0.1, 0.15) is 11.3 Å². The van der Waals surface area contributed by atoms with Crippen LogP contribution < -0.4 is 5.32 Å². The standard InChI is InChI=1S/C17H23N3S/c1-2-4-17-14(3-1)11-16(21-17)13-19-8-5-15(12-19)20-9-6-18-7-10-20/h1-4,11,15,18H,5-10,12-13H2. The van der Waals surface area contributed by atoms with Crippen LogP contribution in [0.2, 0.25) is 0 Å². The highest BCUT2D eigenvalue weighted by molar-refractivity contribution is 7.19. The van der Waals surface area contributed by atoms with E-state index in [9.17, 15) is 0 Å². The third kappa shape index (κ3) is 2.99. The number of fused-ring (bicyclic) bond motifs is 1. The highest BCUT2D eigenvalue weighted by atomic mass is 32.1. The first-order chi connectivity index (χ1) is 10.4. The SMILES string of the molecule is c1ccc2sc(CN3CCC(N4CCNCC4)C3)cc2c1. The van der Waals surface area contributed by atoms with Gasteiger partial charge in [0.25, 0.3) is 0 Å². The quantitative estimate of drug-likeness (QED) is 0.939. The molecule has 1 aromatic heterocycles. The first kappa shape index (κ1) is 13.7. The second-order valence-electron chi connectivity index (χ2n) is 6.21. The Morgan fingerprint density at radius 2 is 2.00 bits per heavy atom. The number of likely N-dealkylation sites (tertiary alicyclic amines) is 1. The van der Waals surface area contributed by atoms with Crippen molar-refractivity contribution in [2.24, 2.45) is 0 Å². The molecule has 2 aliphatic rings. The van der Waals surface area contributed by atoms with Gasteiger partial charge in [0.2, 0.25) is 0 Å². The molecule has 2 aliphatic heterocycles. The lowest BCUT2D eigenvalue weighted by Gasteiger charge is -2.32. The molecule has 0 saturated carbocycles. The van der Waals surface area contributed by atoms with E-state index in [4.69, 9.17) is 0 Å². The van der Waals surface area contributed by atoms with Crippen molar-refractivity contribution in [2.45, 2.75) is 19.0 Å². The molecule has 2 aromatic rings. The fourth-order valence-corrected chi connectivity index (χ4v) is 4.74. The predicted octanol–water partition coefficient (Wildman–Crippen LogP) is 2.38. The van der Waals surface area contributed by atoms with Gasteiger partial charge in [-0.2, -0.15) is 0 Å². The van der Waals surface area contributed by atoms with Gasteiger partial charge in [0, 0.05) is 61.4 Å². The molecule has 0 aliphatic carbocycles. The van der Waals surface area contributed by atoms with E-state index in [1.165, 1.54) is 47.6 Å². The van der Waals surface area contributed by atoms with Gasteiger partial charge in [0.15, 0.2) is 0 Å². The maximum Gasteiger partial charge on any atom is 0.0346 e. The molecule has 1 aromatic carbocycles. The zero-order valence-corrected chi connectivity index (χ0v) is 13.2. The Morgan fingerprint density at radius 1 is 1.14 bits per heavy atom. The van der Waals surface area contributed by atoms with Crippen molar-refractivity contribution >= 4 is 21.4 Å². The minimum absolute atomic E-state index is 0.779. The second-order valence-corrected chi connectivity index (χ2v) is 7.38. The number of nitrogens with zero attached hydrogens (tertiary/aromatic N) is 2. The fraction of sp³-hybridized carbons (Fsp3) is 0.529. The molecule has 1 N–H and O–H groups in total. The van der Waals surface area contributed by atoms with Crippen molar-refractivity contribution in [3.63, 3.8) is 0 Å². The number of nitrogens with one attached hydrogen (secondary N) is 1. The molecule has 1 atom stereocenters. The first-order valence-electron chi connectivity index (χ1n) is 8.03. The summed E-state index contributed by atoms with van der Waals surface area (Å²) in [5, 5.41) is 4.85. The Hall–Kier alpha value is -0.940. The molecule has 1 unspecified atom stereocenters. The predicted molar refractivity (Wildman–Crippen MR) is 89.9 cm³/mol. The van der Waals surface area contributed by atoms with Gasteiger partial charge in [-0.05, 0) is 23.9 Å². The van der Waals surface area contributed by atoms with Crippen LogP contribution in [0, 0.1) is 0 Å². The van der Waals surface area contributed by atoms with Crippen LogP contribution in [0.3, 0.4) is 0 Å². The molecular weight excluding hydrogens is 278 g/mol. The van der Waals surface area contributed by atoms with E-state index in [-0.39, 0.29) is 0 Å². The summed E-state index contributed by atoms with van der Waals surface area (Å²) in [6.45, 7) is 8.39. The van der Waals surface area contributed by atoms with Crippen molar-refractivity contribution < 1.29 is 0 Å². The number of hydrogen-bond acceptors (Lipinski definition) is 4. The summed E-state index contributed by atoms with van der Waals surface area (Å²) in [6.07, 6.45) is 1.34. The smallest absolute Gasteiger partial charge is 0.0346 e. The van der Waals surface area contributed by atoms with Crippen molar-refractivity contribution in [2.75, 3.05) is 39.3 Å². The van der Waals surface area contributed by atoms with Crippen molar-refractivity contribution in [1.29, 1.82) is 0 Å². The van der Waals surface area contributed by atoms with Gasteiger partial charge in [-0.1, -0.05) is 18.2 Å². The fourth-order valence-electron chi connectivity index (χ4n) is 3.64. The topological polar surface area (TPSA) is 18.5 Å². The van der Waals surface area contributed by atoms with Gasteiger partial charge in [-0.15, -0.1) is 11.3 Å². The Kier molecular flexibility index (Phi) is 3.95. The van der Waals surface area contributed by atoms with Crippen molar-refractivity contribution in [1.82, 2.24) is 15.1 Å². The van der Waals surface area contributed by atoms with Crippen LogP contribution in [-0.4, -0.2) is 55.1 Å². The van der Waals surface area contributed by atoms with E-state index >= 15 is 0 Å². The molecule has 3 heterocycles. The first-order valence-corrected chi connectivity index (χ1v) is 8.85. The third-order valence-electron chi connectivity index (χ3n) is 4.77. The molecule has 0 radical (unpaired) electrons. The van der Waals surface area contributed by atoms with E-state index in [2.05, 4.69) is 45.4 Å². The molecule has 0 spiro atoms. The van der Waals surface area contributed by atoms with Crippen molar-refractivity contribution in [3.05, 3.63) is 35.2 Å². The zero-order chi connectivity index (χ0) is 14.1. The lowest BCUT2D eigenvalue weighted by Crippen LogP contribution is -2.49. The van der Waals surface area contributed by atoms with Crippen LogP contribution >= 0.6 is 11.3 Å². The Labute approximate surface area is 130 Å². The van der Waals surface area contributed by atoms with Gasteiger partial charge >= 0.3 is 0 Å². The minimum atomic E-state index is 0.779. The van der Waals surface area contributed by atoms with Crippen LogP contribution in [0.25, 0.3) is 10.1 Å². The summed E-state index contributed by atoms with van der Waals surface area (Å²) < 4.78 is 1.42. The van der Waals surface area contributed by atoms with Crippen LogP contribution in [-0.2, 0) is 6.54 Å².